The summed E-state index contributed by atoms with van der Waals surface area (Å²) in [5, 5.41) is 40.9. The molecule has 0 aromatic heterocycles. The normalized spacial score (nSPS) is 10.3. The molecular weight excluding hydrogens is 464 g/mol. The Kier molecular flexibility index (Phi) is 9.04. The van der Waals surface area contributed by atoms with Crippen LogP contribution in [0.2, 0.25) is 0 Å². The second kappa shape index (κ2) is 11.9. The first-order valence-electron chi connectivity index (χ1n) is 10.2. The number of benzene rings is 2. The first kappa shape index (κ1) is 26.5. The third kappa shape index (κ3) is 8.28. The molecule has 0 saturated carbocycles. The summed E-state index contributed by atoms with van der Waals surface area (Å²) in [6.07, 6.45) is -1.38. The molecule has 0 radical (unpaired) electrons. The number of amides is 2. The van der Waals surface area contributed by atoms with Gasteiger partial charge in [-0.2, -0.15) is 0 Å². The highest BCUT2D eigenvalue weighted by atomic mass is 16.4. The maximum absolute atomic E-state index is 12.0. The van der Waals surface area contributed by atoms with Crippen molar-refractivity contribution < 1.29 is 49.2 Å². The van der Waals surface area contributed by atoms with Gasteiger partial charge in [0.2, 0.25) is 11.8 Å². The summed E-state index contributed by atoms with van der Waals surface area (Å²) in [6.45, 7) is 0. The lowest BCUT2D eigenvalue weighted by atomic mass is 9.99. The number of carboxylic acid groups (broad SMARTS) is 4. The molecule has 2 aromatic rings. The highest BCUT2D eigenvalue weighted by molar-refractivity contribution is 6.02. The fourth-order valence-corrected chi connectivity index (χ4v) is 3.08. The van der Waals surface area contributed by atoms with Crippen LogP contribution in [0.25, 0.3) is 0 Å². The number of hydrogen-bond acceptors (Lipinski definition) is 6. The van der Waals surface area contributed by atoms with E-state index in [9.17, 15) is 39.0 Å². The molecule has 2 rings (SSSR count). The Hall–Kier alpha value is -4.74. The third-order valence-electron chi connectivity index (χ3n) is 4.72. The van der Waals surface area contributed by atoms with E-state index in [1.165, 1.54) is 36.4 Å². The van der Waals surface area contributed by atoms with Gasteiger partial charge in [-0.1, -0.05) is 12.1 Å². The molecule has 6 N–H and O–H groups in total. The van der Waals surface area contributed by atoms with Crippen LogP contribution in [-0.4, -0.2) is 56.1 Å². The van der Waals surface area contributed by atoms with Crippen LogP contribution < -0.4 is 10.6 Å². The molecule has 0 aliphatic carbocycles. The van der Waals surface area contributed by atoms with E-state index in [0.717, 1.165) is 0 Å². The molecule has 0 aliphatic rings. The van der Waals surface area contributed by atoms with Crippen LogP contribution >= 0.6 is 0 Å². The second-order valence-corrected chi connectivity index (χ2v) is 7.43. The summed E-state index contributed by atoms with van der Waals surface area (Å²) in [5.41, 5.74) is 0.601. The van der Waals surface area contributed by atoms with Crippen LogP contribution in [0.3, 0.4) is 0 Å². The Morgan fingerprint density at radius 1 is 0.571 bits per heavy atom. The van der Waals surface area contributed by atoms with E-state index < -0.39 is 48.5 Å². The molecule has 2 aromatic carbocycles. The van der Waals surface area contributed by atoms with Gasteiger partial charge in [-0.05, 0) is 41.8 Å². The zero-order chi connectivity index (χ0) is 26.1. The third-order valence-corrected chi connectivity index (χ3v) is 4.72. The molecule has 184 valence electrons. The second-order valence-electron chi connectivity index (χ2n) is 7.43. The summed E-state index contributed by atoms with van der Waals surface area (Å²) in [4.78, 5) is 68.3. The number of carboxylic acids is 4. The molecule has 12 nitrogen and oxygen atoms in total. The highest BCUT2D eigenvalue weighted by Crippen LogP contribution is 2.24. The average molecular weight is 486 g/mol. The van der Waals surface area contributed by atoms with Crippen molar-refractivity contribution in [1.29, 1.82) is 0 Å². The predicted octanol–water partition coefficient (Wildman–Crippen LogP) is 2.28. The number of carbonyl (C=O) groups excluding carboxylic acids is 2. The number of hydrogen-bond donors (Lipinski definition) is 6. The zero-order valence-corrected chi connectivity index (χ0v) is 18.2. The Labute approximate surface area is 198 Å². The van der Waals surface area contributed by atoms with Crippen molar-refractivity contribution >= 4 is 47.1 Å². The van der Waals surface area contributed by atoms with E-state index in [0.29, 0.717) is 11.1 Å². The van der Waals surface area contributed by atoms with Gasteiger partial charge in [-0.15, -0.1) is 0 Å². The SMILES string of the molecule is O=C(O)CCC(=O)Nc1cc(Cc2ccc(C(=O)O)c(NC(=O)CCC(=O)O)c2)ccc1C(=O)O. The fourth-order valence-electron chi connectivity index (χ4n) is 3.08. The van der Waals surface area contributed by atoms with Gasteiger partial charge in [-0.25, -0.2) is 9.59 Å². The highest BCUT2D eigenvalue weighted by Gasteiger charge is 2.17. The number of aliphatic carboxylic acids is 2. The minimum atomic E-state index is -1.30. The maximum Gasteiger partial charge on any atom is 0.337 e. The Bertz CT molecular complexity index is 1100. The van der Waals surface area contributed by atoms with Gasteiger partial charge in [0.05, 0.1) is 35.3 Å². The van der Waals surface area contributed by atoms with Crippen LogP contribution in [0.5, 0.6) is 0 Å². The van der Waals surface area contributed by atoms with E-state index >= 15 is 0 Å². The molecule has 0 aliphatic heterocycles. The summed E-state index contributed by atoms with van der Waals surface area (Å²) in [5.74, 6) is -6.32. The summed E-state index contributed by atoms with van der Waals surface area (Å²) in [6, 6.07) is 8.32. The van der Waals surface area contributed by atoms with E-state index in [-0.39, 0.29) is 41.8 Å². The topological polar surface area (TPSA) is 207 Å². The van der Waals surface area contributed by atoms with Crippen molar-refractivity contribution in [3.63, 3.8) is 0 Å². The van der Waals surface area contributed by atoms with E-state index in [1.807, 2.05) is 0 Å². The first-order valence-corrected chi connectivity index (χ1v) is 10.2. The number of aromatic carboxylic acids is 2. The monoisotopic (exact) mass is 486 g/mol. The van der Waals surface area contributed by atoms with Crippen molar-refractivity contribution in [3.05, 3.63) is 58.7 Å². The van der Waals surface area contributed by atoms with Crippen LogP contribution in [-0.2, 0) is 25.6 Å². The van der Waals surface area contributed by atoms with Gasteiger partial charge in [-0.3, -0.25) is 19.2 Å². The van der Waals surface area contributed by atoms with Gasteiger partial charge in [0.1, 0.15) is 0 Å². The van der Waals surface area contributed by atoms with Gasteiger partial charge in [0.15, 0.2) is 0 Å². The molecule has 0 bridgehead atoms. The largest absolute Gasteiger partial charge is 0.481 e. The Morgan fingerprint density at radius 2 is 0.943 bits per heavy atom. The lowest BCUT2D eigenvalue weighted by Crippen LogP contribution is -2.16. The van der Waals surface area contributed by atoms with Gasteiger partial charge in [0.25, 0.3) is 0 Å². The fraction of sp³-hybridized carbons (Fsp3) is 0.217. The minimum Gasteiger partial charge on any atom is -0.481 e. The molecule has 12 heteroatoms. The number of carbonyl (C=O) groups is 6. The zero-order valence-electron chi connectivity index (χ0n) is 18.2. The Balaban J connectivity index is 2.29. The minimum absolute atomic E-state index is 0.0326. The van der Waals surface area contributed by atoms with Gasteiger partial charge < -0.3 is 31.1 Å². The van der Waals surface area contributed by atoms with Crippen molar-refractivity contribution in [3.8, 4) is 0 Å². The number of nitrogens with one attached hydrogen (secondary N) is 2. The van der Waals surface area contributed by atoms with Crippen molar-refractivity contribution in [1.82, 2.24) is 0 Å². The first-order chi connectivity index (χ1) is 16.5. The molecule has 0 saturated heterocycles. The molecule has 0 atom stereocenters. The molecular formula is C23H22N2O10. The molecule has 0 unspecified atom stereocenters. The average Bonchev–Trinajstić information content (AvgIpc) is 2.76. The van der Waals surface area contributed by atoms with E-state index in [1.54, 1.807) is 0 Å². The maximum atomic E-state index is 12.0. The van der Waals surface area contributed by atoms with Crippen LogP contribution in [0.1, 0.15) is 57.5 Å². The lowest BCUT2D eigenvalue weighted by Gasteiger charge is -2.13. The Morgan fingerprint density at radius 3 is 1.26 bits per heavy atom. The van der Waals surface area contributed by atoms with Crippen LogP contribution in [0, 0.1) is 0 Å². The van der Waals surface area contributed by atoms with Crippen LogP contribution in [0.4, 0.5) is 11.4 Å². The molecule has 35 heavy (non-hydrogen) atoms. The lowest BCUT2D eigenvalue weighted by molar-refractivity contribution is -0.138. The quantitative estimate of drug-likeness (QED) is 0.258. The predicted molar refractivity (Wildman–Crippen MR) is 121 cm³/mol. The molecule has 2 amide bonds. The number of anilines is 2. The summed E-state index contributed by atoms with van der Waals surface area (Å²) >= 11 is 0. The molecule has 0 fully saturated rings. The smallest absolute Gasteiger partial charge is 0.337 e. The summed E-state index contributed by atoms with van der Waals surface area (Å²) < 4.78 is 0. The molecule has 0 heterocycles. The van der Waals surface area contributed by atoms with Crippen LogP contribution in [0.15, 0.2) is 36.4 Å². The van der Waals surface area contributed by atoms with E-state index in [2.05, 4.69) is 10.6 Å². The number of rotatable bonds is 12. The van der Waals surface area contributed by atoms with Crippen molar-refractivity contribution in [2.45, 2.75) is 32.1 Å². The standard InChI is InChI=1S/C23H22N2O10/c26-18(5-7-20(28)29)24-16-10-12(1-3-14(16)22(32)33)9-13-2-4-15(23(34)35)17(11-13)25-19(27)6-8-21(30)31/h1-4,10-11H,5-9H2,(H,24,26)(H,25,27)(H,28,29)(H,30,31)(H,32,33)(H,34,35). The van der Waals surface area contributed by atoms with Crippen molar-refractivity contribution in [2.24, 2.45) is 0 Å². The summed E-state index contributed by atoms with van der Waals surface area (Å²) in [7, 11) is 0. The molecule has 0 spiro atoms. The van der Waals surface area contributed by atoms with Gasteiger partial charge >= 0.3 is 23.9 Å². The van der Waals surface area contributed by atoms with E-state index in [4.69, 9.17) is 10.2 Å². The van der Waals surface area contributed by atoms with Crippen molar-refractivity contribution in [2.75, 3.05) is 10.6 Å². The van der Waals surface area contributed by atoms with Gasteiger partial charge in [0, 0.05) is 12.8 Å².